The van der Waals surface area contributed by atoms with E-state index in [1.54, 1.807) is 13.2 Å². The lowest BCUT2D eigenvalue weighted by atomic mass is 9.77. The molecule has 0 spiro atoms. The van der Waals surface area contributed by atoms with Crippen LogP contribution in [0.3, 0.4) is 0 Å². The molecule has 0 bridgehead atoms. The van der Waals surface area contributed by atoms with Gasteiger partial charge in [-0.05, 0) is 64.8 Å². The molecule has 4 aromatic carbocycles. The van der Waals surface area contributed by atoms with Gasteiger partial charge in [-0.25, -0.2) is 4.79 Å². The van der Waals surface area contributed by atoms with Crippen LogP contribution in [0.2, 0.25) is 0 Å². The Bertz CT molecular complexity index is 1370. The summed E-state index contributed by atoms with van der Waals surface area (Å²) in [6, 6.07) is 31.1. The van der Waals surface area contributed by atoms with E-state index < -0.39 is 0 Å². The van der Waals surface area contributed by atoms with Gasteiger partial charge < -0.3 is 14.3 Å². The largest absolute Gasteiger partial charge is 0.490 e. The Morgan fingerprint density at radius 1 is 0.868 bits per heavy atom. The van der Waals surface area contributed by atoms with Gasteiger partial charge in [-0.2, -0.15) is 5.06 Å². The van der Waals surface area contributed by atoms with Crippen LogP contribution in [-0.2, 0) is 9.57 Å². The first-order valence-corrected chi connectivity index (χ1v) is 14.2. The van der Waals surface area contributed by atoms with Gasteiger partial charge in [0.2, 0.25) is 0 Å². The van der Waals surface area contributed by atoms with Gasteiger partial charge in [0.15, 0.2) is 0 Å². The first-order valence-electron chi connectivity index (χ1n) is 13.0. The van der Waals surface area contributed by atoms with Crippen molar-refractivity contribution in [1.82, 2.24) is 5.06 Å². The number of thioether (sulfide) groups is 1. The molecule has 1 saturated heterocycles. The fourth-order valence-electron chi connectivity index (χ4n) is 5.26. The normalized spacial score (nSPS) is 17.8. The van der Waals surface area contributed by atoms with Crippen LogP contribution in [0.5, 0.6) is 5.75 Å². The highest BCUT2D eigenvalue weighted by molar-refractivity contribution is 7.98. The predicted octanol–water partition coefficient (Wildman–Crippen LogP) is 6.93. The number of piperidine rings is 1. The van der Waals surface area contributed by atoms with Gasteiger partial charge in [0.1, 0.15) is 19.0 Å². The van der Waals surface area contributed by atoms with Crippen molar-refractivity contribution >= 4 is 28.5 Å². The van der Waals surface area contributed by atoms with E-state index in [1.807, 2.05) is 36.6 Å². The van der Waals surface area contributed by atoms with Gasteiger partial charge in [0, 0.05) is 23.9 Å². The lowest BCUT2D eigenvalue weighted by Crippen LogP contribution is -2.37. The van der Waals surface area contributed by atoms with Gasteiger partial charge in [-0.1, -0.05) is 66.7 Å². The zero-order valence-corrected chi connectivity index (χ0v) is 22.7. The van der Waals surface area contributed by atoms with Crippen molar-refractivity contribution in [3.63, 3.8) is 0 Å². The molecule has 0 saturated carbocycles. The highest BCUT2D eigenvalue weighted by Gasteiger charge is 2.32. The molecule has 5 rings (SSSR count). The summed E-state index contributed by atoms with van der Waals surface area (Å²) in [5, 5.41) is 4.58. The second-order valence-corrected chi connectivity index (χ2v) is 10.3. The maximum Gasteiger partial charge on any atom is 0.339 e. The third-order valence-corrected chi connectivity index (χ3v) is 8.05. The van der Waals surface area contributed by atoms with E-state index >= 15 is 0 Å². The van der Waals surface area contributed by atoms with E-state index in [0.717, 1.165) is 30.2 Å². The monoisotopic (exact) mass is 527 g/mol. The van der Waals surface area contributed by atoms with Crippen LogP contribution < -0.4 is 4.74 Å². The third kappa shape index (κ3) is 6.04. The summed E-state index contributed by atoms with van der Waals surface area (Å²) < 4.78 is 11.3. The Labute approximate surface area is 228 Å². The number of esters is 1. The van der Waals surface area contributed by atoms with Gasteiger partial charge >= 0.3 is 5.97 Å². The maximum absolute atomic E-state index is 12.4. The molecule has 1 aliphatic heterocycles. The van der Waals surface area contributed by atoms with Crippen LogP contribution in [0.4, 0.5) is 0 Å². The molecular weight excluding hydrogens is 494 g/mol. The molecule has 1 aliphatic rings. The first-order chi connectivity index (χ1) is 18.7. The van der Waals surface area contributed by atoms with Crippen molar-refractivity contribution in [2.45, 2.75) is 23.2 Å². The molecule has 6 heteroatoms. The van der Waals surface area contributed by atoms with Gasteiger partial charge in [-0.15, -0.1) is 11.8 Å². The molecule has 0 aromatic heterocycles. The summed E-state index contributed by atoms with van der Waals surface area (Å²) in [4.78, 5) is 18.9. The molecule has 4 aromatic rings. The molecule has 0 radical (unpaired) electrons. The third-order valence-electron chi connectivity index (χ3n) is 7.26. The molecule has 2 atom stereocenters. The van der Waals surface area contributed by atoms with E-state index in [-0.39, 0.29) is 12.6 Å². The zero-order chi connectivity index (χ0) is 26.3. The van der Waals surface area contributed by atoms with Crippen molar-refractivity contribution in [3.05, 3.63) is 108 Å². The highest BCUT2D eigenvalue weighted by atomic mass is 32.2. The van der Waals surface area contributed by atoms with Crippen molar-refractivity contribution in [2.24, 2.45) is 0 Å². The van der Waals surface area contributed by atoms with Crippen LogP contribution in [0.25, 0.3) is 10.8 Å². The number of ether oxygens (including phenoxy) is 2. The fraction of sp³-hybridized carbons (Fsp3) is 0.281. The minimum atomic E-state index is -0.323. The molecule has 0 aliphatic carbocycles. The number of benzene rings is 4. The molecule has 0 amide bonds. The Hall–Kier alpha value is -3.32. The maximum atomic E-state index is 12.4. The van der Waals surface area contributed by atoms with Crippen LogP contribution >= 0.6 is 11.8 Å². The average Bonchev–Trinajstić information content (AvgIpc) is 2.99. The fourth-order valence-corrected chi connectivity index (χ4v) is 5.85. The smallest absolute Gasteiger partial charge is 0.339 e. The molecular formula is C32H33NO4S. The number of rotatable bonds is 9. The van der Waals surface area contributed by atoms with E-state index in [1.165, 1.54) is 33.7 Å². The summed E-state index contributed by atoms with van der Waals surface area (Å²) in [6.07, 6.45) is 2.96. The van der Waals surface area contributed by atoms with E-state index in [9.17, 15) is 4.79 Å². The number of nitrogens with zero attached hydrogens (tertiary/aromatic N) is 1. The Morgan fingerprint density at radius 2 is 1.61 bits per heavy atom. The Kier molecular flexibility index (Phi) is 8.64. The van der Waals surface area contributed by atoms with Crippen molar-refractivity contribution in [1.29, 1.82) is 0 Å². The van der Waals surface area contributed by atoms with Crippen molar-refractivity contribution in [3.8, 4) is 5.75 Å². The van der Waals surface area contributed by atoms with E-state index in [4.69, 9.17) is 14.3 Å². The van der Waals surface area contributed by atoms with E-state index in [2.05, 4.69) is 59.7 Å². The van der Waals surface area contributed by atoms with E-state index in [0.29, 0.717) is 24.0 Å². The lowest BCUT2D eigenvalue weighted by molar-refractivity contribution is -0.148. The minimum Gasteiger partial charge on any atom is -0.490 e. The summed E-state index contributed by atoms with van der Waals surface area (Å²) in [7, 11) is 1.75. The van der Waals surface area contributed by atoms with Crippen LogP contribution in [0.15, 0.2) is 95.9 Å². The molecule has 0 N–H and O–H groups in total. The summed E-state index contributed by atoms with van der Waals surface area (Å²) in [5.74, 6) is 1.15. The van der Waals surface area contributed by atoms with Crippen molar-refractivity contribution < 1.29 is 19.1 Å². The molecule has 2 unspecified atom stereocenters. The standard InChI is InChI=1S/C32H33NO4S/c1-35-33-18-17-28(30(22-33)26-12-11-23-7-3-4-8-25(23)21-26)24-13-15-27(16-14-24)36-19-20-37-32(34)29-9-5-6-10-31(29)38-2/h3-16,21,28,30H,17-20,22H2,1-2H3. The van der Waals surface area contributed by atoms with Gasteiger partial charge in [0.25, 0.3) is 0 Å². The van der Waals surface area contributed by atoms with Gasteiger partial charge in [-0.3, -0.25) is 0 Å². The number of hydrogen-bond acceptors (Lipinski definition) is 6. The Morgan fingerprint density at radius 3 is 2.39 bits per heavy atom. The predicted molar refractivity (Wildman–Crippen MR) is 153 cm³/mol. The summed E-state index contributed by atoms with van der Waals surface area (Å²) >= 11 is 1.53. The highest BCUT2D eigenvalue weighted by Crippen LogP contribution is 2.41. The molecule has 38 heavy (non-hydrogen) atoms. The van der Waals surface area contributed by atoms with Crippen LogP contribution in [-0.4, -0.2) is 50.7 Å². The molecule has 1 heterocycles. The lowest BCUT2D eigenvalue weighted by Gasteiger charge is -2.38. The molecule has 196 valence electrons. The number of carbonyl (C=O) groups is 1. The number of hydroxylamine groups is 2. The topological polar surface area (TPSA) is 48.0 Å². The second-order valence-electron chi connectivity index (χ2n) is 9.43. The molecule has 1 fully saturated rings. The Balaban J connectivity index is 1.22. The number of fused-ring (bicyclic) bond motifs is 1. The first kappa shape index (κ1) is 26.3. The SMILES string of the molecule is CON1CCC(c2ccc(OCCOC(=O)c3ccccc3SC)cc2)C(c2ccc3ccccc3c2)C1. The average molecular weight is 528 g/mol. The number of hydrogen-bond donors (Lipinski definition) is 0. The van der Waals surface area contributed by atoms with Crippen LogP contribution in [0, 0.1) is 0 Å². The quantitative estimate of drug-likeness (QED) is 0.134. The minimum absolute atomic E-state index is 0.197. The zero-order valence-electron chi connectivity index (χ0n) is 21.8. The van der Waals surface area contributed by atoms with Crippen LogP contribution in [0.1, 0.15) is 39.7 Å². The molecule has 5 nitrogen and oxygen atoms in total. The second kappa shape index (κ2) is 12.5. The number of carbonyl (C=O) groups excluding carboxylic acids is 1. The summed E-state index contributed by atoms with van der Waals surface area (Å²) in [6.45, 7) is 2.25. The summed E-state index contributed by atoms with van der Waals surface area (Å²) in [5.41, 5.74) is 3.22. The van der Waals surface area contributed by atoms with Gasteiger partial charge in [0.05, 0.1) is 12.7 Å². The van der Waals surface area contributed by atoms with Crippen molar-refractivity contribution in [2.75, 3.05) is 39.7 Å².